The molecule has 3 heteroatoms. The Kier molecular flexibility index (Phi) is 3.44. The number of rotatable bonds is 2. The maximum atomic E-state index is 13.6. The highest BCUT2D eigenvalue weighted by atomic mass is 19.1. The largest absolute Gasteiger partial charge is 0.507 e. The van der Waals surface area contributed by atoms with E-state index in [0.29, 0.717) is 17.9 Å². The van der Waals surface area contributed by atoms with Gasteiger partial charge in [0.1, 0.15) is 11.6 Å². The Morgan fingerprint density at radius 1 is 1.50 bits per heavy atom. The van der Waals surface area contributed by atoms with Crippen LogP contribution in [0.1, 0.15) is 24.0 Å². The molecule has 1 atom stereocenters. The lowest BCUT2D eigenvalue weighted by Crippen LogP contribution is -2.31. The van der Waals surface area contributed by atoms with Crippen LogP contribution in [0.15, 0.2) is 12.1 Å². The Hall–Kier alpha value is -1.09. The summed E-state index contributed by atoms with van der Waals surface area (Å²) in [6.45, 7) is 3.78. The highest BCUT2D eigenvalue weighted by Gasteiger charge is 2.18. The van der Waals surface area contributed by atoms with Gasteiger partial charge in [-0.05, 0) is 56.8 Å². The van der Waals surface area contributed by atoms with E-state index in [0.717, 1.165) is 31.5 Å². The van der Waals surface area contributed by atoms with Crippen LogP contribution in [-0.4, -0.2) is 18.2 Å². The van der Waals surface area contributed by atoms with Crippen LogP contribution < -0.4 is 5.32 Å². The van der Waals surface area contributed by atoms with Crippen molar-refractivity contribution in [2.45, 2.75) is 26.2 Å². The first kappa shape index (κ1) is 11.4. The summed E-state index contributed by atoms with van der Waals surface area (Å²) < 4.78 is 13.6. The van der Waals surface area contributed by atoms with E-state index in [-0.39, 0.29) is 11.6 Å². The second kappa shape index (κ2) is 4.83. The lowest BCUT2D eigenvalue weighted by Gasteiger charge is -2.23. The molecule has 1 aliphatic heterocycles. The number of hydrogen-bond acceptors (Lipinski definition) is 2. The molecule has 1 saturated heterocycles. The zero-order valence-corrected chi connectivity index (χ0v) is 9.59. The van der Waals surface area contributed by atoms with Crippen molar-refractivity contribution < 1.29 is 9.50 Å². The Morgan fingerprint density at radius 2 is 2.31 bits per heavy atom. The topological polar surface area (TPSA) is 32.3 Å². The maximum absolute atomic E-state index is 13.6. The fourth-order valence-corrected chi connectivity index (χ4v) is 2.31. The van der Waals surface area contributed by atoms with Crippen molar-refractivity contribution in [3.63, 3.8) is 0 Å². The van der Waals surface area contributed by atoms with Crippen LogP contribution in [0.3, 0.4) is 0 Å². The third-order valence-electron chi connectivity index (χ3n) is 3.32. The van der Waals surface area contributed by atoms with Crippen molar-refractivity contribution in [1.29, 1.82) is 0 Å². The number of aryl methyl sites for hydroxylation is 1. The summed E-state index contributed by atoms with van der Waals surface area (Å²) in [5.41, 5.74) is 1.23. The summed E-state index contributed by atoms with van der Waals surface area (Å²) in [7, 11) is 0. The van der Waals surface area contributed by atoms with E-state index >= 15 is 0 Å². The number of phenols is 1. The van der Waals surface area contributed by atoms with Crippen molar-refractivity contribution in [1.82, 2.24) is 5.32 Å². The highest BCUT2D eigenvalue weighted by molar-refractivity contribution is 5.40. The molecule has 0 amide bonds. The predicted molar refractivity (Wildman–Crippen MR) is 62.1 cm³/mol. The van der Waals surface area contributed by atoms with Crippen molar-refractivity contribution in [2.75, 3.05) is 13.1 Å². The summed E-state index contributed by atoms with van der Waals surface area (Å²) in [5.74, 6) is 0.287. The van der Waals surface area contributed by atoms with Crippen molar-refractivity contribution in [3.05, 3.63) is 29.1 Å². The molecule has 0 radical (unpaired) electrons. The summed E-state index contributed by atoms with van der Waals surface area (Å²) >= 11 is 0. The van der Waals surface area contributed by atoms with Crippen LogP contribution in [-0.2, 0) is 6.42 Å². The number of phenolic OH excluding ortho intramolecular Hbond substituents is 1. The van der Waals surface area contributed by atoms with E-state index < -0.39 is 0 Å². The van der Waals surface area contributed by atoms with Crippen molar-refractivity contribution in [2.24, 2.45) is 5.92 Å². The molecule has 0 spiro atoms. The first-order valence-electron chi connectivity index (χ1n) is 5.86. The first-order chi connectivity index (χ1) is 7.68. The SMILES string of the molecule is Cc1ccc(F)c(CC2CCCNC2)c1O. The molecule has 0 bridgehead atoms. The lowest BCUT2D eigenvalue weighted by atomic mass is 9.91. The Morgan fingerprint density at radius 3 is 3.00 bits per heavy atom. The van der Waals surface area contributed by atoms with E-state index in [2.05, 4.69) is 5.32 Å². The number of piperidine rings is 1. The number of nitrogens with one attached hydrogen (secondary N) is 1. The fourth-order valence-electron chi connectivity index (χ4n) is 2.31. The van der Waals surface area contributed by atoms with Gasteiger partial charge in [-0.1, -0.05) is 6.07 Å². The predicted octanol–water partition coefficient (Wildman–Crippen LogP) is 2.38. The van der Waals surface area contributed by atoms with E-state index in [4.69, 9.17) is 0 Å². The summed E-state index contributed by atoms with van der Waals surface area (Å²) in [6.07, 6.45) is 2.88. The minimum atomic E-state index is -0.284. The molecule has 1 fully saturated rings. The van der Waals surface area contributed by atoms with Gasteiger partial charge >= 0.3 is 0 Å². The molecule has 2 N–H and O–H groups in total. The molecule has 88 valence electrons. The molecule has 1 aliphatic rings. The van der Waals surface area contributed by atoms with Crippen LogP contribution in [0, 0.1) is 18.7 Å². The van der Waals surface area contributed by atoms with Crippen LogP contribution in [0.4, 0.5) is 4.39 Å². The van der Waals surface area contributed by atoms with E-state index in [1.54, 1.807) is 13.0 Å². The number of halogens is 1. The van der Waals surface area contributed by atoms with Crippen LogP contribution in [0.2, 0.25) is 0 Å². The minimum absolute atomic E-state index is 0.130. The van der Waals surface area contributed by atoms with Gasteiger partial charge in [-0.2, -0.15) is 0 Å². The monoisotopic (exact) mass is 223 g/mol. The van der Waals surface area contributed by atoms with Crippen molar-refractivity contribution in [3.8, 4) is 5.75 Å². The number of hydrogen-bond donors (Lipinski definition) is 2. The molecular formula is C13H18FNO. The zero-order chi connectivity index (χ0) is 11.5. The van der Waals surface area contributed by atoms with Gasteiger partial charge in [0.25, 0.3) is 0 Å². The molecule has 1 aromatic carbocycles. The van der Waals surface area contributed by atoms with Crippen LogP contribution in [0.5, 0.6) is 5.75 Å². The average molecular weight is 223 g/mol. The van der Waals surface area contributed by atoms with E-state index in [1.165, 1.54) is 6.07 Å². The van der Waals surface area contributed by atoms with E-state index in [1.807, 2.05) is 0 Å². The number of aromatic hydroxyl groups is 1. The molecule has 0 saturated carbocycles. The molecule has 1 aromatic rings. The minimum Gasteiger partial charge on any atom is -0.507 e. The fraction of sp³-hybridized carbons (Fsp3) is 0.538. The molecular weight excluding hydrogens is 205 g/mol. The summed E-state index contributed by atoms with van der Waals surface area (Å²) in [4.78, 5) is 0. The highest BCUT2D eigenvalue weighted by Crippen LogP contribution is 2.28. The number of benzene rings is 1. The summed E-state index contributed by atoms with van der Waals surface area (Å²) in [5, 5.41) is 13.2. The molecule has 0 aromatic heterocycles. The second-order valence-corrected chi connectivity index (χ2v) is 4.61. The Bertz CT molecular complexity index is 372. The lowest BCUT2D eigenvalue weighted by molar-refractivity contribution is 0.363. The zero-order valence-electron chi connectivity index (χ0n) is 9.59. The first-order valence-corrected chi connectivity index (χ1v) is 5.86. The summed E-state index contributed by atoms with van der Waals surface area (Å²) in [6, 6.07) is 3.06. The third-order valence-corrected chi connectivity index (χ3v) is 3.32. The Balaban J connectivity index is 2.16. The third kappa shape index (κ3) is 2.35. The molecule has 16 heavy (non-hydrogen) atoms. The van der Waals surface area contributed by atoms with Gasteiger partial charge in [0, 0.05) is 5.56 Å². The maximum Gasteiger partial charge on any atom is 0.130 e. The quantitative estimate of drug-likeness (QED) is 0.806. The van der Waals surface area contributed by atoms with Crippen molar-refractivity contribution >= 4 is 0 Å². The van der Waals surface area contributed by atoms with Gasteiger partial charge < -0.3 is 10.4 Å². The van der Waals surface area contributed by atoms with Gasteiger partial charge in [-0.25, -0.2) is 4.39 Å². The molecule has 0 aliphatic carbocycles. The Labute approximate surface area is 95.5 Å². The van der Waals surface area contributed by atoms with Gasteiger partial charge in [0.15, 0.2) is 0 Å². The molecule has 1 unspecified atom stereocenters. The van der Waals surface area contributed by atoms with Crippen LogP contribution >= 0.6 is 0 Å². The second-order valence-electron chi connectivity index (χ2n) is 4.61. The molecule has 2 nitrogen and oxygen atoms in total. The standard InChI is InChI=1S/C13H18FNO/c1-9-4-5-12(14)11(13(9)16)7-10-3-2-6-15-8-10/h4-5,10,15-16H,2-3,6-8H2,1H3. The average Bonchev–Trinajstić information content (AvgIpc) is 2.31. The smallest absolute Gasteiger partial charge is 0.130 e. The van der Waals surface area contributed by atoms with Crippen LogP contribution in [0.25, 0.3) is 0 Å². The molecule has 2 rings (SSSR count). The van der Waals surface area contributed by atoms with Gasteiger partial charge in [-0.3, -0.25) is 0 Å². The van der Waals surface area contributed by atoms with Gasteiger partial charge in [-0.15, -0.1) is 0 Å². The normalized spacial score (nSPS) is 21.0. The van der Waals surface area contributed by atoms with Gasteiger partial charge in [0.05, 0.1) is 0 Å². The molecule has 1 heterocycles. The van der Waals surface area contributed by atoms with E-state index in [9.17, 15) is 9.50 Å². The van der Waals surface area contributed by atoms with Gasteiger partial charge in [0.2, 0.25) is 0 Å².